The number of nitrogens with one attached hydrogen (secondary N) is 1. The molecule has 0 radical (unpaired) electrons. The number of aromatic nitrogens is 1. The molecule has 1 aliphatic heterocycles. The van der Waals surface area contributed by atoms with Crippen LogP contribution < -0.4 is 10.2 Å². The first-order valence-corrected chi connectivity index (χ1v) is 7.90. The lowest BCUT2D eigenvalue weighted by Gasteiger charge is -2.35. The molecule has 4 nitrogen and oxygen atoms in total. The molecule has 0 amide bonds. The molecule has 0 aromatic carbocycles. The van der Waals surface area contributed by atoms with Gasteiger partial charge in [-0.1, -0.05) is 11.6 Å². The Hall–Kier alpha value is -0.840. The fourth-order valence-electron chi connectivity index (χ4n) is 2.81. The van der Waals surface area contributed by atoms with E-state index in [2.05, 4.69) is 20.1 Å². The van der Waals surface area contributed by atoms with Gasteiger partial charge in [-0.3, -0.25) is 4.90 Å². The Kier molecular flexibility index (Phi) is 4.44. The molecule has 5 heteroatoms. The summed E-state index contributed by atoms with van der Waals surface area (Å²) in [7, 11) is 1.93. The number of pyridine rings is 1. The van der Waals surface area contributed by atoms with E-state index >= 15 is 0 Å². The average Bonchev–Trinajstić information content (AvgIpc) is 3.25. The summed E-state index contributed by atoms with van der Waals surface area (Å²) in [5.74, 6) is 1.92. The number of halogens is 1. The summed E-state index contributed by atoms with van der Waals surface area (Å²) in [5.41, 5.74) is 1.13. The molecule has 1 aromatic heterocycles. The maximum absolute atomic E-state index is 6.38. The van der Waals surface area contributed by atoms with Crippen molar-refractivity contribution in [2.75, 3.05) is 44.7 Å². The number of piperazine rings is 1. The Morgan fingerprint density at radius 3 is 2.65 bits per heavy atom. The molecule has 0 bridgehead atoms. The molecule has 20 heavy (non-hydrogen) atoms. The number of anilines is 1. The lowest BCUT2D eigenvalue weighted by molar-refractivity contribution is 0.247. The van der Waals surface area contributed by atoms with E-state index in [0.717, 1.165) is 55.0 Å². The van der Waals surface area contributed by atoms with Crippen LogP contribution in [0.2, 0.25) is 5.02 Å². The number of hydrogen-bond donors (Lipinski definition) is 1. The number of nitrogens with zero attached hydrogens (tertiary/aromatic N) is 3. The summed E-state index contributed by atoms with van der Waals surface area (Å²) < 4.78 is 0. The van der Waals surface area contributed by atoms with Gasteiger partial charge in [0.15, 0.2) is 0 Å². The first-order valence-electron chi connectivity index (χ1n) is 7.52. The molecule has 1 saturated carbocycles. The lowest BCUT2D eigenvalue weighted by atomic mass is 10.2. The van der Waals surface area contributed by atoms with Gasteiger partial charge >= 0.3 is 0 Å². The van der Waals surface area contributed by atoms with Crippen LogP contribution in [0.5, 0.6) is 0 Å². The Morgan fingerprint density at radius 2 is 2.05 bits per heavy atom. The zero-order chi connectivity index (χ0) is 13.9. The molecule has 110 valence electrons. The van der Waals surface area contributed by atoms with Crippen molar-refractivity contribution in [3.8, 4) is 0 Å². The highest BCUT2D eigenvalue weighted by Gasteiger charge is 2.27. The highest BCUT2D eigenvalue weighted by Crippen LogP contribution is 2.30. The van der Waals surface area contributed by atoms with Gasteiger partial charge in [-0.25, -0.2) is 4.98 Å². The summed E-state index contributed by atoms with van der Waals surface area (Å²) in [6, 6.07) is 2.02. The number of hydrogen-bond acceptors (Lipinski definition) is 4. The second-order valence-corrected chi connectivity index (χ2v) is 6.32. The molecule has 0 unspecified atom stereocenters. The lowest BCUT2D eigenvalue weighted by Crippen LogP contribution is -2.47. The zero-order valence-corrected chi connectivity index (χ0v) is 12.9. The van der Waals surface area contributed by atoms with Gasteiger partial charge < -0.3 is 10.2 Å². The van der Waals surface area contributed by atoms with E-state index in [1.165, 1.54) is 19.4 Å². The molecule has 0 spiro atoms. The molecule has 1 aromatic rings. The molecule has 2 fully saturated rings. The van der Waals surface area contributed by atoms with Crippen LogP contribution in [0.25, 0.3) is 0 Å². The molecule has 1 N–H and O–H groups in total. The summed E-state index contributed by atoms with van der Waals surface area (Å²) in [6.07, 6.45) is 4.79. The maximum atomic E-state index is 6.38. The van der Waals surface area contributed by atoms with Crippen molar-refractivity contribution in [2.24, 2.45) is 5.92 Å². The van der Waals surface area contributed by atoms with Gasteiger partial charge in [-0.15, -0.1) is 0 Å². The van der Waals surface area contributed by atoms with Crippen LogP contribution in [0, 0.1) is 5.92 Å². The predicted molar refractivity (Wildman–Crippen MR) is 83.4 cm³/mol. The fraction of sp³-hybridized carbons (Fsp3) is 0.667. The largest absolute Gasteiger partial charge is 0.353 e. The standard InChI is InChI=1S/C15H23ClN4/c1-17-9-13-8-14(16)15(18-10-13)20-6-4-19(5-7-20)11-12-2-3-12/h8,10,12,17H,2-7,9,11H2,1H3. The summed E-state index contributed by atoms with van der Waals surface area (Å²) in [5, 5.41) is 3.89. The van der Waals surface area contributed by atoms with E-state index in [0.29, 0.717) is 0 Å². The van der Waals surface area contributed by atoms with Gasteiger partial charge in [0.05, 0.1) is 5.02 Å². The van der Waals surface area contributed by atoms with Crippen LogP contribution >= 0.6 is 11.6 Å². The SMILES string of the molecule is CNCc1cnc(N2CCN(CC3CC3)CC2)c(Cl)c1. The van der Waals surface area contributed by atoms with Crippen molar-refractivity contribution in [3.05, 3.63) is 22.8 Å². The second-order valence-electron chi connectivity index (χ2n) is 5.91. The Bertz CT molecular complexity index is 453. The predicted octanol–water partition coefficient (Wildman–Crippen LogP) is 1.99. The third kappa shape index (κ3) is 3.43. The Balaban J connectivity index is 1.59. The van der Waals surface area contributed by atoms with Gasteiger partial charge in [0.1, 0.15) is 5.82 Å². The topological polar surface area (TPSA) is 31.4 Å². The molecule has 2 aliphatic rings. The first-order chi connectivity index (χ1) is 9.76. The summed E-state index contributed by atoms with van der Waals surface area (Å²) in [6.45, 7) is 6.42. The zero-order valence-electron chi connectivity index (χ0n) is 12.1. The van der Waals surface area contributed by atoms with E-state index in [9.17, 15) is 0 Å². The molecule has 1 aliphatic carbocycles. The van der Waals surface area contributed by atoms with E-state index < -0.39 is 0 Å². The first kappa shape index (κ1) is 14.1. The van der Waals surface area contributed by atoms with Crippen molar-refractivity contribution >= 4 is 17.4 Å². The van der Waals surface area contributed by atoms with Crippen LogP contribution in [-0.2, 0) is 6.54 Å². The van der Waals surface area contributed by atoms with Crippen LogP contribution in [0.15, 0.2) is 12.3 Å². The second kappa shape index (κ2) is 6.29. The molecule has 1 saturated heterocycles. The van der Waals surface area contributed by atoms with Crippen LogP contribution in [-0.4, -0.2) is 49.7 Å². The quantitative estimate of drug-likeness (QED) is 0.900. The van der Waals surface area contributed by atoms with Crippen molar-refractivity contribution in [2.45, 2.75) is 19.4 Å². The van der Waals surface area contributed by atoms with Crippen molar-refractivity contribution in [1.29, 1.82) is 0 Å². The minimum absolute atomic E-state index is 0.772. The summed E-state index contributed by atoms with van der Waals surface area (Å²) >= 11 is 6.38. The highest BCUT2D eigenvalue weighted by molar-refractivity contribution is 6.33. The smallest absolute Gasteiger partial charge is 0.147 e. The third-order valence-corrected chi connectivity index (χ3v) is 4.42. The van der Waals surface area contributed by atoms with Gasteiger partial charge in [0.2, 0.25) is 0 Å². The van der Waals surface area contributed by atoms with Gasteiger partial charge in [-0.05, 0) is 37.4 Å². The van der Waals surface area contributed by atoms with E-state index in [1.54, 1.807) is 0 Å². The minimum Gasteiger partial charge on any atom is -0.353 e. The Morgan fingerprint density at radius 1 is 1.30 bits per heavy atom. The molecule has 3 rings (SSSR count). The van der Waals surface area contributed by atoms with Crippen LogP contribution in [0.1, 0.15) is 18.4 Å². The molecule has 0 atom stereocenters. The fourth-order valence-corrected chi connectivity index (χ4v) is 3.12. The maximum Gasteiger partial charge on any atom is 0.147 e. The monoisotopic (exact) mass is 294 g/mol. The third-order valence-electron chi connectivity index (χ3n) is 4.14. The van der Waals surface area contributed by atoms with Crippen LogP contribution in [0.3, 0.4) is 0 Å². The van der Waals surface area contributed by atoms with E-state index in [1.807, 2.05) is 19.3 Å². The van der Waals surface area contributed by atoms with Gasteiger partial charge in [0, 0.05) is 45.5 Å². The van der Waals surface area contributed by atoms with Gasteiger partial charge in [0.25, 0.3) is 0 Å². The summed E-state index contributed by atoms with van der Waals surface area (Å²) in [4.78, 5) is 9.45. The van der Waals surface area contributed by atoms with Crippen molar-refractivity contribution < 1.29 is 0 Å². The van der Waals surface area contributed by atoms with Crippen molar-refractivity contribution in [3.63, 3.8) is 0 Å². The van der Waals surface area contributed by atoms with Gasteiger partial charge in [-0.2, -0.15) is 0 Å². The molecular formula is C15H23ClN4. The normalized spacial score (nSPS) is 20.4. The van der Waals surface area contributed by atoms with E-state index in [-0.39, 0.29) is 0 Å². The minimum atomic E-state index is 0.772. The Labute approximate surface area is 126 Å². The molecular weight excluding hydrogens is 272 g/mol. The highest BCUT2D eigenvalue weighted by atomic mass is 35.5. The van der Waals surface area contributed by atoms with Crippen molar-refractivity contribution in [1.82, 2.24) is 15.2 Å². The average molecular weight is 295 g/mol. The van der Waals surface area contributed by atoms with Crippen LogP contribution in [0.4, 0.5) is 5.82 Å². The number of rotatable bonds is 5. The van der Waals surface area contributed by atoms with E-state index in [4.69, 9.17) is 11.6 Å². The molecule has 2 heterocycles.